The summed E-state index contributed by atoms with van der Waals surface area (Å²) in [7, 11) is 0. The van der Waals surface area contributed by atoms with Crippen LogP contribution >= 0.6 is 0 Å². The van der Waals surface area contributed by atoms with Gasteiger partial charge in [-0.05, 0) is 133 Å². The van der Waals surface area contributed by atoms with Gasteiger partial charge in [-0.3, -0.25) is 0 Å². The number of rotatable bonds is 1. The highest BCUT2D eigenvalue weighted by molar-refractivity contribution is 7.00. The Morgan fingerprint density at radius 3 is 1.21 bits per heavy atom. The van der Waals surface area contributed by atoms with Gasteiger partial charge in [-0.2, -0.15) is 0 Å². The van der Waals surface area contributed by atoms with Crippen molar-refractivity contribution in [2.24, 2.45) is 0 Å². The van der Waals surface area contributed by atoms with Gasteiger partial charge in [-0.1, -0.05) is 132 Å². The molecule has 12 rings (SSSR count). The second kappa shape index (κ2) is 12.3. The second-order valence-corrected chi connectivity index (χ2v) is 22.8. The van der Waals surface area contributed by atoms with E-state index in [4.69, 9.17) is 4.74 Å². The molecule has 0 amide bonds. The van der Waals surface area contributed by atoms with Crippen LogP contribution in [0.5, 0.6) is 11.5 Å². The minimum absolute atomic E-state index is 0.00449. The maximum Gasteiger partial charge on any atom is 0.252 e. The van der Waals surface area contributed by atoms with Crippen molar-refractivity contribution >= 4 is 83.8 Å². The number of para-hydroxylation sites is 4. The summed E-state index contributed by atoms with van der Waals surface area (Å²) < 4.78 is 11.9. The Hall–Kier alpha value is -6.20. The van der Waals surface area contributed by atoms with Crippen molar-refractivity contribution in [3.05, 3.63) is 144 Å². The number of fused-ring (bicyclic) bond motifs is 12. The van der Waals surface area contributed by atoms with Crippen molar-refractivity contribution in [3.8, 4) is 22.9 Å². The number of hydrogen-bond acceptors (Lipinski definition) is 2. The highest BCUT2D eigenvalue weighted by Gasteiger charge is 2.43. The molecular formula is C58H56BN3O. The van der Waals surface area contributed by atoms with Crippen LogP contribution in [-0.2, 0) is 21.7 Å². The molecule has 7 aromatic carbocycles. The van der Waals surface area contributed by atoms with E-state index in [9.17, 15) is 0 Å². The Morgan fingerprint density at radius 1 is 0.397 bits per heavy atom. The SMILES string of the molecule is CC(C)(C)c1ccc2c(c1)c1cc(C(C)(C)C)cc3c1n2-c1cc(N2c4ccccc4Oc4ccccc42)cc2c1B3c1cc(C(C)(C)C)cc3c4cc(C(C)(C)C)ccc4n-2c13. The molecule has 312 valence electrons. The van der Waals surface area contributed by atoms with Crippen LogP contribution in [0, 0.1) is 0 Å². The van der Waals surface area contributed by atoms with E-state index in [0.29, 0.717) is 0 Å². The number of ether oxygens (including phenoxy) is 1. The molecule has 0 bridgehead atoms. The lowest BCUT2D eigenvalue weighted by Crippen LogP contribution is -2.59. The third-order valence-electron chi connectivity index (χ3n) is 14.4. The zero-order chi connectivity index (χ0) is 43.9. The van der Waals surface area contributed by atoms with Crippen molar-refractivity contribution in [3.63, 3.8) is 0 Å². The molecule has 63 heavy (non-hydrogen) atoms. The van der Waals surface area contributed by atoms with E-state index in [0.717, 1.165) is 28.6 Å². The minimum Gasteiger partial charge on any atom is -0.453 e. The molecule has 3 aliphatic rings. The summed E-state index contributed by atoms with van der Waals surface area (Å²) >= 11 is 0. The Morgan fingerprint density at radius 2 is 0.794 bits per heavy atom. The maximum absolute atomic E-state index is 6.61. The Bertz CT molecular complexity index is 3260. The predicted molar refractivity (Wildman–Crippen MR) is 269 cm³/mol. The molecule has 0 atom stereocenters. The number of nitrogens with zero attached hydrogens (tertiary/aromatic N) is 3. The third-order valence-corrected chi connectivity index (χ3v) is 14.4. The average molecular weight is 822 g/mol. The fourth-order valence-electron chi connectivity index (χ4n) is 11.0. The number of hydrogen-bond donors (Lipinski definition) is 0. The van der Waals surface area contributed by atoms with Crippen LogP contribution in [0.25, 0.3) is 55.0 Å². The standard InChI is InChI=1S/C58H56BN3O/c1-55(2,3)33-21-23-44-38(25-33)40-27-35(57(7,8)9)29-42-53(40)61(44)48-31-37(60-46-17-13-15-19-50(46)63-51-20-16-14-18-47(51)60)32-49-52(48)59(42)43-30-36(58(10,11)12)28-41-39-26-34(56(4,5)6)22-24-45(39)62(49)54(41)43/h13-32H,1-12H3. The Kier molecular flexibility index (Phi) is 7.50. The molecule has 3 aliphatic heterocycles. The first-order valence-electron chi connectivity index (χ1n) is 22.9. The fraction of sp³-hybridized carbons (Fsp3) is 0.276. The van der Waals surface area contributed by atoms with Crippen LogP contribution in [0.2, 0.25) is 0 Å². The molecule has 5 heteroatoms. The van der Waals surface area contributed by atoms with Gasteiger partial charge in [0.1, 0.15) is 0 Å². The highest BCUT2D eigenvalue weighted by atomic mass is 16.5. The monoisotopic (exact) mass is 821 g/mol. The summed E-state index contributed by atoms with van der Waals surface area (Å²) in [6.45, 7) is 28.2. The zero-order valence-corrected chi connectivity index (χ0v) is 38.9. The molecule has 2 aromatic heterocycles. The van der Waals surface area contributed by atoms with Gasteiger partial charge >= 0.3 is 0 Å². The quantitative estimate of drug-likeness (QED) is 0.154. The van der Waals surface area contributed by atoms with Crippen LogP contribution in [0.15, 0.2) is 121 Å². The molecule has 0 aliphatic carbocycles. The first-order chi connectivity index (χ1) is 29.8. The van der Waals surface area contributed by atoms with Crippen molar-refractivity contribution < 1.29 is 4.74 Å². The van der Waals surface area contributed by atoms with Gasteiger partial charge in [0.15, 0.2) is 11.5 Å². The molecule has 0 fully saturated rings. The van der Waals surface area contributed by atoms with Gasteiger partial charge in [0.05, 0.1) is 28.1 Å². The van der Waals surface area contributed by atoms with E-state index in [2.05, 4.69) is 218 Å². The molecular weight excluding hydrogens is 765 g/mol. The second-order valence-electron chi connectivity index (χ2n) is 22.8. The zero-order valence-electron chi connectivity index (χ0n) is 38.9. The lowest BCUT2D eigenvalue weighted by atomic mass is 9.34. The van der Waals surface area contributed by atoms with E-state index in [-0.39, 0.29) is 28.4 Å². The van der Waals surface area contributed by atoms with Gasteiger partial charge < -0.3 is 18.8 Å². The van der Waals surface area contributed by atoms with E-state index < -0.39 is 0 Å². The molecule has 0 saturated heterocycles. The van der Waals surface area contributed by atoms with Crippen molar-refractivity contribution in [2.75, 3.05) is 4.90 Å². The lowest BCUT2D eigenvalue weighted by Gasteiger charge is -2.38. The highest BCUT2D eigenvalue weighted by Crippen LogP contribution is 2.52. The smallest absolute Gasteiger partial charge is 0.252 e. The number of benzene rings is 7. The molecule has 0 radical (unpaired) electrons. The van der Waals surface area contributed by atoms with Crippen molar-refractivity contribution in [2.45, 2.75) is 105 Å². The summed E-state index contributed by atoms with van der Waals surface area (Å²) in [6.07, 6.45) is 0. The van der Waals surface area contributed by atoms with Crippen LogP contribution in [0.3, 0.4) is 0 Å². The third kappa shape index (κ3) is 5.35. The molecule has 4 nitrogen and oxygen atoms in total. The molecule has 0 N–H and O–H groups in total. The first kappa shape index (κ1) is 38.5. The summed E-state index contributed by atoms with van der Waals surface area (Å²) in [4.78, 5) is 2.43. The summed E-state index contributed by atoms with van der Waals surface area (Å²) in [5, 5.41) is 5.31. The normalized spacial score (nSPS) is 14.4. The first-order valence-corrected chi connectivity index (χ1v) is 22.9. The summed E-state index contributed by atoms with van der Waals surface area (Å²) in [5.74, 6) is 1.71. The van der Waals surface area contributed by atoms with E-state index in [1.807, 2.05) is 0 Å². The Labute approximate surface area is 372 Å². The summed E-state index contributed by atoms with van der Waals surface area (Å²) in [6, 6.07) is 46.7. The molecule has 5 heterocycles. The summed E-state index contributed by atoms with van der Waals surface area (Å²) in [5.41, 5.74) is 20.3. The minimum atomic E-state index is -0.0552. The average Bonchev–Trinajstić information content (AvgIpc) is 3.74. The molecule has 9 aromatic rings. The Balaban J connectivity index is 1.31. The molecule has 0 unspecified atom stereocenters. The van der Waals surface area contributed by atoms with Gasteiger partial charge in [0.2, 0.25) is 0 Å². The molecule has 0 spiro atoms. The largest absolute Gasteiger partial charge is 0.453 e. The van der Waals surface area contributed by atoms with Gasteiger partial charge in [0.25, 0.3) is 6.71 Å². The van der Waals surface area contributed by atoms with E-state index in [1.165, 1.54) is 93.6 Å². The number of aromatic nitrogens is 2. The topological polar surface area (TPSA) is 22.3 Å². The lowest BCUT2D eigenvalue weighted by molar-refractivity contribution is 0.477. The van der Waals surface area contributed by atoms with Gasteiger partial charge in [0, 0.05) is 44.0 Å². The predicted octanol–water partition coefficient (Wildman–Crippen LogP) is 13.8. The van der Waals surface area contributed by atoms with E-state index >= 15 is 0 Å². The van der Waals surface area contributed by atoms with E-state index in [1.54, 1.807) is 0 Å². The molecule has 0 saturated carbocycles. The van der Waals surface area contributed by atoms with Crippen molar-refractivity contribution in [1.29, 1.82) is 0 Å². The number of anilines is 3. The fourth-order valence-corrected chi connectivity index (χ4v) is 11.0. The van der Waals surface area contributed by atoms with Gasteiger partial charge in [-0.25, -0.2) is 0 Å². The van der Waals surface area contributed by atoms with Gasteiger partial charge in [-0.15, -0.1) is 0 Å². The van der Waals surface area contributed by atoms with Crippen LogP contribution in [-0.4, -0.2) is 15.8 Å². The maximum atomic E-state index is 6.61. The van der Waals surface area contributed by atoms with Crippen LogP contribution in [0.1, 0.15) is 105 Å². The van der Waals surface area contributed by atoms with Crippen LogP contribution < -0.4 is 26.0 Å². The van der Waals surface area contributed by atoms with Crippen molar-refractivity contribution in [1.82, 2.24) is 9.13 Å². The van der Waals surface area contributed by atoms with Crippen LogP contribution in [0.4, 0.5) is 17.1 Å².